The summed E-state index contributed by atoms with van der Waals surface area (Å²) in [6, 6.07) is 45.3. The number of allylic oxidation sites excluding steroid dienone is 8. The molecule has 0 radical (unpaired) electrons. The number of hydrogen-bond acceptors (Lipinski definition) is 2. The molecule has 2 nitrogen and oxygen atoms in total. The Bertz CT molecular complexity index is 2480. The van der Waals surface area contributed by atoms with Gasteiger partial charge in [0.25, 0.3) is 0 Å². The minimum Gasteiger partial charge on any atom is -0.251 e. The lowest BCUT2D eigenvalue weighted by atomic mass is 9.72. The first-order chi connectivity index (χ1) is 26.3. The zero-order valence-corrected chi connectivity index (χ0v) is 29.2. The first-order valence-corrected chi connectivity index (χ1v) is 19.4. The molecule has 2 heterocycles. The second-order valence-electron chi connectivity index (χ2n) is 16.3. The molecule has 0 N–H and O–H groups in total. The highest BCUT2D eigenvalue weighted by Gasteiger charge is 2.53. The molecule has 4 atom stereocenters. The smallest absolute Gasteiger partial charge is 0.106 e. The van der Waals surface area contributed by atoms with Gasteiger partial charge in [0.05, 0.1) is 22.8 Å². The molecular weight excluding hydrogens is 641 g/mol. The summed E-state index contributed by atoms with van der Waals surface area (Å²) >= 11 is 0. The van der Waals surface area contributed by atoms with E-state index in [1.807, 2.05) is 0 Å². The van der Waals surface area contributed by atoms with E-state index in [2.05, 4.69) is 170 Å². The molecule has 0 saturated heterocycles. The summed E-state index contributed by atoms with van der Waals surface area (Å²) in [7, 11) is 0. The van der Waals surface area contributed by atoms with E-state index in [9.17, 15) is 0 Å². The number of pyridine rings is 2. The van der Waals surface area contributed by atoms with Crippen LogP contribution in [-0.4, -0.2) is 9.97 Å². The first kappa shape index (κ1) is 28.7. The third-order valence-electron chi connectivity index (χ3n) is 13.8. The maximum absolute atomic E-state index is 5.65. The van der Waals surface area contributed by atoms with Crippen LogP contribution in [0.15, 0.2) is 170 Å². The molecule has 4 aromatic carbocycles. The second-order valence-corrected chi connectivity index (χ2v) is 16.3. The summed E-state index contributed by atoms with van der Waals surface area (Å²) in [6.45, 7) is 0. The van der Waals surface area contributed by atoms with Gasteiger partial charge in [-0.2, -0.15) is 0 Å². The van der Waals surface area contributed by atoms with Crippen molar-refractivity contribution in [1.29, 1.82) is 0 Å². The minimum atomic E-state index is -0.687. The molecule has 2 saturated carbocycles. The molecule has 2 heteroatoms. The molecule has 53 heavy (non-hydrogen) atoms. The summed E-state index contributed by atoms with van der Waals surface area (Å²) in [5.41, 5.74) is 16.5. The van der Waals surface area contributed by atoms with Crippen LogP contribution in [0.2, 0.25) is 0 Å². The Balaban J connectivity index is 0.998. The summed E-state index contributed by atoms with van der Waals surface area (Å²) in [5.74, 6) is 4.57. The lowest BCUT2D eigenvalue weighted by Crippen LogP contribution is -2.31. The van der Waals surface area contributed by atoms with Crippen molar-refractivity contribution in [2.24, 2.45) is 23.7 Å². The Hall–Kier alpha value is -5.86. The lowest BCUT2D eigenvalue weighted by molar-refractivity contribution is 0.708. The van der Waals surface area contributed by atoms with Gasteiger partial charge in [-0.25, -0.2) is 0 Å². The molecule has 15 rings (SSSR count). The van der Waals surface area contributed by atoms with E-state index in [0.29, 0.717) is 47.3 Å². The Kier molecular flexibility index (Phi) is 5.51. The van der Waals surface area contributed by atoms with Crippen LogP contribution < -0.4 is 0 Å². The molecule has 0 amide bonds. The van der Waals surface area contributed by atoms with Crippen LogP contribution in [0.5, 0.6) is 0 Å². The summed E-state index contributed by atoms with van der Waals surface area (Å²) < 4.78 is 0. The van der Waals surface area contributed by atoms with Crippen molar-refractivity contribution in [2.75, 3.05) is 0 Å². The lowest BCUT2D eigenvalue weighted by Gasteiger charge is -2.32. The molecule has 2 aromatic heterocycles. The van der Waals surface area contributed by atoms with Gasteiger partial charge >= 0.3 is 0 Å². The van der Waals surface area contributed by atoms with Gasteiger partial charge in [-0.3, -0.25) is 9.97 Å². The quantitative estimate of drug-likeness (QED) is 0.173. The van der Waals surface area contributed by atoms with E-state index in [4.69, 9.17) is 9.97 Å². The zero-order valence-electron chi connectivity index (χ0n) is 29.2. The maximum atomic E-state index is 5.65. The van der Waals surface area contributed by atoms with Gasteiger partial charge in [0, 0.05) is 23.0 Å². The zero-order chi connectivity index (χ0) is 34.4. The van der Waals surface area contributed by atoms with Crippen molar-refractivity contribution in [3.63, 3.8) is 0 Å². The average Bonchev–Trinajstić information content (AvgIpc) is 4.11. The second kappa shape index (κ2) is 10.2. The van der Waals surface area contributed by atoms with Crippen molar-refractivity contribution >= 4 is 0 Å². The van der Waals surface area contributed by atoms with Gasteiger partial charge in [0.15, 0.2) is 0 Å². The average molecular weight is 677 g/mol. The van der Waals surface area contributed by atoms with Crippen molar-refractivity contribution in [2.45, 2.75) is 29.1 Å². The Morgan fingerprint density at radius 2 is 0.811 bits per heavy atom. The van der Waals surface area contributed by atoms with Gasteiger partial charge in [0.1, 0.15) is 5.41 Å². The van der Waals surface area contributed by atoms with E-state index in [1.54, 1.807) is 0 Å². The fourth-order valence-corrected chi connectivity index (χ4v) is 11.3. The van der Waals surface area contributed by atoms with Crippen molar-refractivity contribution in [3.8, 4) is 33.6 Å². The SMILES string of the molecule is C1=CC2C3C=CC1c1cc(-c4cccc(C5(c6cccc(-c7ccc8c(c7)C7C=CC9C(C=C7)C89)n6)c6ccccc6-c6ccccc65)n4)ccc1C23. The monoisotopic (exact) mass is 676 g/mol. The van der Waals surface area contributed by atoms with Crippen LogP contribution in [0.3, 0.4) is 0 Å². The highest BCUT2D eigenvalue weighted by atomic mass is 14.8. The van der Waals surface area contributed by atoms with Gasteiger partial charge in [-0.1, -0.05) is 134 Å². The number of aromatic nitrogens is 2. The summed E-state index contributed by atoms with van der Waals surface area (Å²) in [4.78, 5) is 11.3. The van der Waals surface area contributed by atoms with Crippen LogP contribution in [0.4, 0.5) is 0 Å². The molecule has 9 aliphatic rings. The number of rotatable bonds is 4. The fraction of sp³-hybridized carbons (Fsp3) is 0.176. The number of fused-ring (bicyclic) bond motifs is 3. The molecular formula is C51H36N2. The largest absolute Gasteiger partial charge is 0.251 e. The Morgan fingerprint density at radius 3 is 1.26 bits per heavy atom. The molecule has 4 unspecified atom stereocenters. The molecule has 0 aliphatic heterocycles. The van der Waals surface area contributed by atoms with Crippen molar-refractivity contribution in [1.82, 2.24) is 9.97 Å². The van der Waals surface area contributed by atoms with Crippen molar-refractivity contribution < 1.29 is 0 Å². The van der Waals surface area contributed by atoms with E-state index in [0.717, 1.165) is 22.8 Å². The fourth-order valence-electron chi connectivity index (χ4n) is 11.3. The molecule has 0 spiro atoms. The van der Waals surface area contributed by atoms with Gasteiger partial charge in [-0.15, -0.1) is 0 Å². The predicted molar refractivity (Wildman–Crippen MR) is 212 cm³/mol. The molecule has 2 fully saturated rings. The van der Waals surface area contributed by atoms with E-state index < -0.39 is 5.41 Å². The standard InChI is InChI=1S/C51H36N2/c1-3-9-43-33(7-1)34-8-2-4-10-44(34)51(43,47-13-5-11-45(52-47)31-19-25-39-41(27-31)29-15-21-35-36(22-16-29)49(35)39)48-14-6-12-46(53-48)32-20-26-40-42(28-32)30-17-23-37-38(24-18-30)50(37)40/h1-30,35-38,49-50H. The number of benzene rings is 4. The predicted octanol–water partition coefficient (Wildman–Crippen LogP) is 11.3. The first-order valence-electron chi connectivity index (χ1n) is 19.4. The number of hydrogen-bond donors (Lipinski definition) is 0. The highest BCUT2D eigenvalue weighted by molar-refractivity contribution is 5.86. The van der Waals surface area contributed by atoms with Gasteiger partial charge < -0.3 is 0 Å². The Morgan fingerprint density at radius 1 is 0.377 bits per heavy atom. The van der Waals surface area contributed by atoms with Crippen molar-refractivity contribution in [3.05, 3.63) is 215 Å². The van der Waals surface area contributed by atoms with Gasteiger partial charge in [0.2, 0.25) is 0 Å². The normalized spacial score (nSPS) is 28.6. The third-order valence-corrected chi connectivity index (χ3v) is 13.8. The van der Waals surface area contributed by atoms with Crippen LogP contribution in [0.25, 0.3) is 33.6 Å². The topological polar surface area (TPSA) is 25.8 Å². The molecule has 9 aliphatic carbocycles. The third kappa shape index (κ3) is 3.78. The van der Waals surface area contributed by atoms with Crippen LogP contribution >= 0.6 is 0 Å². The van der Waals surface area contributed by atoms with E-state index in [-0.39, 0.29) is 0 Å². The van der Waals surface area contributed by atoms with E-state index >= 15 is 0 Å². The van der Waals surface area contributed by atoms with Crippen LogP contribution in [-0.2, 0) is 5.41 Å². The summed E-state index contributed by atoms with van der Waals surface area (Å²) in [6.07, 6.45) is 19.5. The van der Waals surface area contributed by atoms with Crippen LogP contribution in [0.1, 0.15) is 68.4 Å². The number of nitrogens with zero attached hydrogens (tertiary/aromatic N) is 2. The van der Waals surface area contributed by atoms with Crippen LogP contribution in [0, 0.1) is 23.7 Å². The molecule has 6 aromatic rings. The van der Waals surface area contributed by atoms with Gasteiger partial charge in [-0.05, 0) is 116 Å². The van der Waals surface area contributed by atoms with E-state index in [1.165, 1.54) is 55.6 Å². The highest BCUT2D eigenvalue weighted by Crippen LogP contribution is 2.63. The Labute approximate surface area is 310 Å². The minimum absolute atomic E-state index is 0.334. The molecule has 250 valence electrons. The molecule has 8 bridgehead atoms. The summed E-state index contributed by atoms with van der Waals surface area (Å²) in [5, 5.41) is 0. The maximum Gasteiger partial charge on any atom is 0.106 e.